The van der Waals surface area contributed by atoms with Gasteiger partial charge in [-0.05, 0) is 6.08 Å². The van der Waals surface area contributed by atoms with Crippen LogP contribution in [0.15, 0.2) is 12.7 Å². The molecule has 0 aliphatic carbocycles. The quantitative estimate of drug-likeness (QED) is 0.422. The number of aliphatic hydroxyl groups is 1. The molecular formula is C9H14O5. The van der Waals surface area contributed by atoms with Crippen LogP contribution in [0.5, 0.6) is 0 Å². The zero-order valence-corrected chi connectivity index (χ0v) is 7.81. The second-order valence-electron chi connectivity index (χ2n) is 2.70. The monoisotopic (exact) mass is 202 g/mol. The van der Waals surface area contributed by atoms with Crippen molar-refractivity contribution in [1.82, 2.24) is 0 Å². The maximum Gasteiger partial charge on any atom is 0.305 e. The first-order valence-corrected chi connectivity index (χ1v) is 4.18. The van der Waals surface area contributed by atoms with Gasteiger partial charge in [-0.2, -0.15) is 0 Å². The van der Waals surface area contributed by atoms with Gasteiger partial charge in [0.25, 0.3) is 0 Å². The van der Waals surface area contributed by atoms with Crippen LogP contribution in [-0.4, -0.2) is 41.8 Å². The average Bonchev–Trinajstić information content (AvgIpc) is 2.16. The Kier molecular flexibility index (Phi) is 6.61. The molecule has 14 heavy (non-hydrogen) atoms. The highest BCUT2D eigenvalue weighted by atomic mass is 16.5. The second-order valence-corrected chi connectivity index (χ2v) is 2.70. The first-order chi connectivity index (χ1) is 6.61. The van der Waals surface area contributed by atoms with E-state index in [2.05, 4.69) is 6.58 Å². The molecule has 5 heteroatoms. The SMILES string of the molecule is C=CC(=O)C(CO)COCCC(=O)O. The number of carboxylic acids is 1. The summed E-state index contributed by atoms with van der Waals surface area (Å²) in [5.41, 5.74) is 0. The number of carbonyl (C=O) groups excluding carboxylic acids is 1. The van der Waals surface area contributed by atoms with Gasteiger partial charge < -0.3 is 14.9 Å². The van der Waals surface area contributed by atoms with E-state index in [9.17, 15) is 9.59 Å². The summed E-state index contributed by atoms with van der Waals surface area (Å²) in [7, 11) is 0. The topological polar surface area (TPSA) is 83.8 Å². The molecule has 2 N–H and O–H groups in total. The normalized spacial score (nSPS) is 12.1. The summed E-state index contributed by atoms with van der Waals surface area (Å²) in [6.07, 6.45) is 1.00. The minimum atomic E-state index is -0.958. The van der Waals surface area contributed by atoms with Crippen molar-refractivity contribution in [2.45, 2.75) is 6.42 Å². The highest BCUT2D eigenvalue weighted by molar-refractivity contribution is 5.91. The van der Waals surface area contributed by atoms with Crippen molar-refractivity contribution >= 4 is 11.8 Å². The lowest BCUT2D eigenvalue weighted by Crippen LogP contribution is -2.22. The van der Waals surface area contributed by atoms with Crippen molar-refractivity contribution in [3.05, 3.63) is 12.7 Å². The first-order valence-electron chi connectivity index (χ1n) is 4.18. The predicted octanol–water partition coefficient (Wildman–Crippen LogP) is -0.159. The minimum absolute atomic E-state index is 0.0225. The van der Waals surface area contributed by atoms with Crippen LogP contribution in [0.25, 0.3) is 0 Å². The molecule has 0 spiro atoms. The van der Waals surface area contributed by atoms with Gasteiger partial charge in [-0.25, -0.2) is 0 Å². The fourth-order valence-electron chi connectivity index (χ4n) is 0.777. The third kappa shape index (κ3) is 5.45. The van der Waals surface area contributed by atoms with Gasteiger partial charge in [-0.15, -0.1) is 0 Å². The van der Waals surface area contributed by atoms with Gasteiger partial charge in [0.1, 0.15) is 0 Å². The molecule has 0 radical (unpaired) electrons. The van der Waals surface area contributed by atoms with E-state index in [1.807, 2.05) is 0 Å². The number of rotatable bonds is 8. The third-order valence-electron chi connectivity index (χ3n) is 1.60. The number of aliphatic hydroxyl groups excluding tert-OH is 1. The van der Waals surface area contributed by atoms with Crippen molar-refractivity contribution in [2.24, 2.45) is 5.92 Å². The smallest absolute Gasteiger partial charge is 0.305 e. The minimum Gasteiger partial charge on any atom is -0.481 e. The Morgan fingerprint density at radius 2 is 2.14 bits per heavy atom. The summed E-state index contributed by atoms with van der Waals surface area (Å²) in [6.45, 7) is 3.01. The number of hydrogen-bond donors (Lipinski definition) is 2. The predicted molar refractivity (Wildman–Crippen MR) is 48.9 cm³/mol. The summed E-state index contributed by atoms with van der Waals surface area (Å²) in [6, 6.07) is 0. The van der Waals surface area contributed by atoms with Gasteiger partial charge in [0.2, 0.25) is 0 Å². The zero-order valence-electron chi connectivity index (χ0n) is 7.81. The van der Waals surface area contributed by atoms with E-state index in [1.165, 1.54) is 0 Å². The molecule has 0 aromatic heterocycles. The van der Waals surface area contributed by atoms with Crippen molar-refractivity contribution in [3.63, 3.8) is 0 Å². The maximum atomic E-state index is 11.0. The van der Waals surface area contributed by atoms with E-state index in [0.717, 1.165) is 6.08 Å². The highest BCUT2D eigenvalue weighted by Gasteiger charge is 2.14. The second kappa shape index (κ2) is 7.23. The number of aliphatic carboxylic acids is 1. The van der Waals surface area contributed by atoms with E-state index in [0.29, 0.717) is 0 Å². The standard InChI is InChI=1S/C9H14O5/c1-2-8(11)7(5-10)6-14-4-3-9(12)13/h2,7,10H,1,3-6H2,(H,12,13). The Hall–Kier alpha value is -1.20. The van der Waals surface area contributed by atoms with E-state index in [1.54, 1.807) is 0 Å². The van der Waals surface area contributed by atoms with Crippen molar-refractivity contribution in [3.8, 4) is 0 Å². The van der Waals surface area contributed by atoms with Crippen molar-refractivity contribution in [1.29, 1.82) is 0 Å². The van der Waals surface area contributed by atoms with Gasteiger partial charge in [0.15, 0.2) is 5.78 Å². The lowest BCUT2D eigenvalue weighted by molar-refractivity contribution is -0.138. The number of hydrogen-bond acceptors (Lipinski definition) is 4. The van der Waals surface area contributed by atoms with E-state index in [-0.39, 0.29) is 32.0 Å². The van der Waals surface area contributed by atoms with Crippen LogP contribution < -0.4 is 0 Å². The molecule has 0 saturated heterocycles. The summed E-state index contributed by atoms with van der Waals surface area (Å²) in [5.74, 6) is -1.90. The Morgan fingerprint density at radius 1 is 1.50 bits per heavy atom. The molecule has 0 saturated carbocycles. The summed E-state index contributed by atoms with van der Waals surface area (Å²) >= 11 is 0. The van der Waals surface area contributed by atoms with Crippen LogP contribution in [0.3, 0.4) is 0 Å². The van der Waals surface area contributed by atoms with Crippen molar-refractivity contribution < 1.29 is 24.5 Å². The van der Waals surface area contributed by atoms with Crippen molar-refractivity contribution in [2.75, 3.05) is 19.8 Å². The highest BCUT2D eigenvalue weighted by Crippen LogP contribution is 1.99. The molecule has 0 heterocycles. The number of ether oxygens (including phenoxy) is 1. The van der Waals surface area contributed by atoms with Gasteiger partial charge >= 0.3 is 5.97 Å². The number of ketones is 1. The van der Waals surface area contributed by atoms with Crippen LogP contribution in [-0.2, 0) is 14.3 Å². The van der Waals surface area contributed by atoms with Gasteiger partial charge in [0.05, 0.1) is 32.2 Å². The number of carbonyl (C=O) groups is 2. The van der Waals surface area contributed by atoms with Gasteiger partial charge in [0, 0.05) is 0 Å². The fraction of sp³-hybridized carbons (Fsp3) is 0.556. The number of allylic oxidation sites excluding steroid dienone is 1. The van der Waals surface area contributed by atoms with E-state index < -0.39 is 11.9 Å². The third-order valence-corrected chi connectivity index (χ3v) is 1.60. The van der Waals surface area contributed by atoms with Gasteiger partial charge in [-0.1, -0.05) is 6.58 Å². The molecule has 0 aromatic rings. The van der Waals surface area contributed by atoms with E-state index >= 15 is 0 Å². The number of carboxylic acid groups (broad SMARTS) is 1. The Labute approximate surface area is 82.0 Å². The molecule has 0 fully saturated rings. The van der Waals surface area contributed by atoms with Crippen LogP contribution in [0.4, 0.5) is 0 Å². The Bertz CT molecular complexity index is 211. The molecule has 80 valence electrons. The molecule has 1 unspecified atom stereocenters. The lowest BCUT2D eigenvalue weighted by atomic mass is 10.1. The average molecular weight is 202 g/mol. The molecule has 0 bridgehead atoms. The zero-order chi connectivity index (χ0) is 11.0. The Morgan fingerprint density at radius 3 is 2.57 bits per heavy atom. The molecule has 0 amide bonds. The first kappa shape index (κ1) is 12.8. The molecule has 0 aromatic carbocycles. The van der Waals surface area contributed by atoms with Crippen LogP contribution >= 0.6 is 0 Å². The summed E-state index contributed by atoms with van der Waals surface area (Å²) in [4.78, 5) is 21.1. The van der Waals surface area contributed by atoms with E-state index in [4.69, 9.17) is 14.9 Å². The molecular weight excluding hydrogens is 188 g/mol. The van der Waals surface area contributed by atoms with Gasteiger partial charge in [-0.3, -0.25) is 9.59 Å². The lowest BCUT2D eigenvalue weighted by Gasteiger charge is -2.10. The summed E-state index contributed by atoms with van der Waals surface area (Å²) < 4.78 is 4.91. The molecule has 0 aliphatic heterocycles. The largest absolute Gasteiger partial charge is 0.481 e. The van der Waals surface area contributed by atoms with Crippen LogP contribution in [0.1, 0.15) is 6.42 Å². The molecule has 0 aliphatic rings. The molecule has 1 atom stereocenters. The Balaban J connectivity index is 3.68. The van der Waals surface area contributed by atoms with Crippen LogP contribution in [0.2, 0.25) is 0 Å². The van der Waals surface area contributed by atoms with Crippen LogP contribution in [0, 0.1) is 5.92 Å². The fourth-order valence-corrected chi connectivity index (χ4v) is 0.777. The summed E-state index contributed by atoms with van der Waals surface area (Å²) in [5, 5.41) is 17.0. The maximum absolute atomic E-state index is 11.0. The molecule has 5 nitrogen and oxygen atoms in total. The molecule has 0 rings (SSSR count).